The molecule has 0 radical (unpaired) electrons. The molecule has 0 aliphatic carbocycles. The second-order valence-corrected chi connectivity index (χ2v) is 4.43. The van der Waals surface area contributed by atoms with Gasteiger partial charge in [0.2, 0.25) is 0 Å². The highest BCUT2D eigenvalue weighted by atomic mass is 16.3. The molecule has 2 rings (SSSR count). The third-order valence-electron chi connectivity index (χ3n) is 2.89. The van der Waals surface area contributed by atoms with Gasteiger partial charge in [0.05, 0.1) is 6.10 Å². The molecule has 0 fully saturated rings. The fraction of sp³-hybridized carbons (Fsp3) is 0.267. The molecular formula is C15H18N2O. The maximum atomic E-state index is 9.75. The summed E-state index contributed by atoms with van der Waals surface area (Å²) in [5, 5.41) is 9.75. The van der Waals surface area contributed by atoms with Gasteiger partial charge in [-0.1, -0.05) is 36.4 Å². The molecule has 0 amide bonds. The van der Waals surface area contributed by atoms with Gasteiger partial charge in [0, 0.05) is 25.4 Å². The molecule has 2 aromatic rings. The van der Waals surface area contributed by atoms with Crippen LogP contribution in [0, 0.1) is 0 Å². The quantitative estimate of drug-likeness (QED) is 0.895. The number of rotatable bonds is 4. The minimum absolute atomic E-state index is 0.507. The molecule has 3 nitrogen and oxygen atoms in total. The highest BCUT2D eigenvalue weighted by Gasteiger charge is 2.12. The lowest BCUT2D eigenvalue weighted by molar-refractivity contribution is 0.199. The summed E-state index contributed by atoms with van der Waals surface area (Å²) < 4.78 is 0. The Hall–Kier alpha value is -1.87. The second kappa shape index (κ2) is 5.65. The monoisotopic (exact) mass is 242 g/mol. The third-order valence-corrected chi connectivity index (χ3v) is 2.89. The Morgan fingerprint density at radius 1 is 1.17 bits per heavy atom. The number of hydrogen-bond donors (Lipinski definition) is 1. The van der Waals surface area contributed by atoms with E-state index in [2.05, 4.69) is 22.0 Å². The number of pyridine rings is 1. The van der Waals surface area contributed by atoms with Crippen molar-refractivity contribution in [3.63, 3.8) is 0 Å². The van der Waals surface area contributed by atoms with E-state index < -0.39 is 6.10 Å². The van der Waals surface area contributed by atoms with Crippen molar-refractivity contribution in [1.82, 2.24) is 4.98 Å². The molecule has 3 heteroatoms. The van der Waals surface area contributed by atoms with Crippen LogP contribution in [0.25, 0.3) is 0 Å². The van der Waals surface area contributed by atoms with E-state index in [9.17, 15) is 5.11 Å². The summed E-state index contributed by atoms with van der Waals surface area (Å²) in [6.45, 7) is 2.54. The van der Waals surface area contributed by atoms with Crippen molar-refractivity contribution in [2.24, 2.45) is 0 Å². The third kappa shape index (κ3) is 2.87. The molecule has 0 spiro atoms. The molecule has 1 N–H and O–H groups in total. The second-order valence-electron chi connectivity index (χ2n) is 4.43. The average Bonchev–Trinajstić information content (AvgIpc) is 2.40. The van der Waals surface area contributed by atoms with Crippen LogP contribution in [-0.4, -0.2) is 17.1 Å². The molecule has 18 heavy (non-hydrogen) atoms. The van der Waals surface area contributed by atoms with Crippen LogP contribution < -0.4 is 4.90 Å². The number of anilines is 1. The van der Waals surface area contributed by atoms with Crippen LogP contribution in [0.3, 0.4) is 0 Å². The Morgan fingerprint density at radius 2 is 1.89 bits per heavy atom. The van der Waals surface area contributed by atoms with Crippen molar-refractivity contribution in [3.05, 3.63) is 59.8 Å². The fourth-order valence-electron chi connectivity index (χ4n) is 1.99. The molecular weight excluding hydrogens is 224 g/mol. The zero-order valence-electron chi connectivity index (χ0n) is 10.7. The smallest absolute Gasteiger partial charge is 0.134 e. The van der Waals surface area contributed by atoms with E-state index in [-0.39, 0.29) is 0 Å². The van der Waals surface area contributed by atoms with E-state index in [1.54, 1.807) is 13.1 Å². The topological polar surface area (TPSA) is 36.4 Å². The largest absolute Gasteiger partial charge is 0.389 e. The Morgan fingerprint density at radius 3 is 2.56 bits per heavy atom. The number of benzene rings is 1. The first-order valence-corrected chi connectivity index (χ1v) is 6.06. The lowest BCUT2D eigenvalue weighted by Gasteiger charge is -2.22. The van der Waals surface area contributed by atoms with Gasteiger partial charge in [-0.15, -0.1) is 0 Å². The summed E-state index contributed by atoms with van der Waals surface area (Å²) in [7, 11) is 1.99. The molecule has 1 aromatic heterocycles. The number of aromatic nitrogens is 1. The molecule has 0 saturated carbocycles. The predicted molar refractivity (Wildman–Crippen MR) is 73.4 cm³/mol. The normalized spacial score (nSPS) is 12.2. The van der Waals surface area contributed by atoms with Crippen LogP contribution in [0.4, 0.5) is 5.82 Å². The van der Waals surface area contributed by atoms with E-state index in [0.717, 1.165) is 17.9 Å². The maximum absolute atomic E-state index is 9.75. The van der Waals surface area contributed by atoms with Gasteiger partial charge in [0.25, 0.3) is 0 Å². The zero-order chi connectivity index (χ0) is 13.0. The van der Waals surface area contributed by atoms with Gasteiger partial charge >= 0.3 is 0 Å². The number of nitrogens with zero attached hydrogens (tertiary/aromatic N) is 2. The number of aliphatic hydroxyl groups is 1. The molecule has 0 aliphatic rings. The van der Waals surface area contributed by atoms with E-state index in [1.165, 1.54) is 5.56 Å². The summed E-state index contributed by atoms with van der Waals surface area (Å²) in [6, 6.07) is 14.0. The molecule has 0 aliphatic heterocycles. The Bertz CT molecular complexity index is 497. The highest BCUT2D eigenvalue weighted by molar-refractivity contribution is 5.47. The predicted octanol–water partition coefficient (Wildman–Crippen LogP) is 2.77. The number of hydrogen-bond acceptors (Lipinski definition) is 3. The van der Waals surface area contributed by atoms with Gasteiger partial charge < -0.3 is 10.0 Å². The van der Waals surface area contributed by atoms with Crippen LogP contribution in [0.5, 0.6) is 0 Å². The Kier molecular flexibility index (Phi) is 3.95. The summed E-state index contributed by atoms with van der Waals surface area (Å²) in [4.78, 5) is 6.41. The van der Waals surface area contributed by atoms with Gasteiger partial charge in [-0.2, -0.15) is 0 Å². The first kappa shape index (κ1) is 12.6. The van der Waals surface area contributed by atoms with Crippen LogP contribution in [-0.2, 0) is 6.54 Å². The standard InChI is InChI=1S/C15H18N2O/c1-12(18)14-9-6-10-16-15(14)17(2)11-13-7-4-3-5-8-13/h3-10,12,18H,11H2,1-2H3/t12-/m1/s1. The van der Waals surface area contributed by atoms with E-state index in [4.69, 9.17) is 0 Å². The molecule has 1 atom stereocenters. The van der Waals surface area contributed by atoms with Crippen molar-refractivity contribution < 1.29 is 5.11 Å². The van der Waals surface area contributed by atoms with Gasteiger partial charge in [-0.05, 0) is 18.6 Å². The summed E-state index contributed by atoms with van der Waals surface area (Å²) in [6.07, 6.45) is 1.25. The highest BCUT2D eigenvalue weighted by Crippen LogP contribution is 2.23. The van der Waals surface area contributed by atoms with Crippen LogP contribution in [0.15, 0.2) is 48.7 Å². The van der Waals surface area contributed by atoms with Gasteiger partial charge in [-0.3, -0.25) is 0 Å². The first-order valence-electron chi connectivity index (χ1n) is 6.06. The molecule has 0 bridgehead atoms. The van der Waals surface area contributed by atoms with Crippen molar-refractivity contribution in [3.8, 4) is 0 Å². The van der Waals surface area contributed by atoms with Crippen LogP contribution >= 0.6 is 0 Å². The van der Waals surface area contributed by atoms with E-state index in [1.807, 2.05) is 37.4 Å². The van der Waals surface area contributed by atoms with Crippen molar-refractivity contribution >= 4 is 5.82 Å². The maximum Gasteiger partial charge on any atom is 0.134 e. The summed E-state index contributed by atoms with van der Waals surface area (Å²) >= 11 is 0. The van der Waals surface area contributed by atoms with Crippen molar-refractivity contribution in [1.29, 1.82) is 0 Å². The van der Waals surface area contributed by atoms with Gasteiger partial charge in [0.15, 0.2) is 0 Å². The van der Waals surface area contributed by atoms with E-state index in [0.29, 0.717) is 0 Å². The lowest BCUT2D eigenvalue weighted by atomic mass is 10.1. The van der Waals surface area contributed by atoms with Gasteiger partial charge in [-0.25, -0.2) is 4.98 Å². The molecule has 0 unspecified atom stereocenters. The zero-order valence-corrected chi connectivity index (χ0v) is 10.7. The van der Waals surface area contributed by atoms with Crippen molar-refractivity contribution in [2.75, 3.05) is 11.9 Å². The average molecular weight is 242 g/mol. The SMILES string of the molecule is C[C@@H](O)c1cccnc1N(C)Cc1ccccc1. The minimum atomic E-state index is -0.507. The Labute approximate surface area is 108 Å². The van der Waals surface area contributed by atoms with Crippen molar-refractivity contribution in [2.45, 2.75) is 19.6 Å². The molecule has 0 saturated heterocycles. The van der Waals surface area contributed by atoms with Gasteiger partial charge in [0.1, 0.15) is 5.82 Å². The molecule has 94 valence electrons. The first-order chi connectivity index (χ1) is 8.68. The fourth-order valence-corrected chi connectivity index (χ4v) is 1.99. The molecule has 1 heterocycles. The van der Waals surface area contributed by atoms with Crippen LogP contribution in [0.2, 0.25) is 0 Å². The van der Waals surface area contributed by atoms with Crippen LogP contribution in [0.1, 0.15) is 24.2 Å². The lowest BCUT2D eigenvalue weighted by Crippen LogP contribution is -2.19. The van der Waals surface area contributed by atoms with E-state index >= 15 is 0 Å². The summed E-state index contributed by atoms with van der Waals surface area (Å²) in [5.41, 5.74) is 2.08. The summed E-state index contributed by atoms with van der Waals surface area (Å²) in [5.74, 6) is 0.830. The molecule has 1 aromatic carbocycles. The minimum Gasteiger partial charge on any atom is -0.389 e. The Balaban J connectivity index is 2.21. The number of aliphatic hydroxyl groups excluding tert-OH is 1.